The van der Waals surface area contributed by atoms with Crippen molar-refractivity contribution in [1.29, 1.82) is 0 Å². The third-order valence-corrected chi connectivity index (χ3v) is 8.74. The highest BCUT2D eigenvalue weighted by Gasteiger charge is 2.34. The van der Waals surface area contributed by atoms with Gasteiger partial charge in [-0.05, 0) is 38.2 Å². The van der Waals surface area contributed by atoms with Gasteiger partial charge in [0, 0.05) is 50.0 Å². The summed E-state index contributed by atoms with van der Waals surface area (Å²) in [5.74, 6) is 0.959. The minimum Gasteiger partial charge on any atom is -0.342 e. The van der Waals surface area contributed by atoms with Crippen molar-refractivity contribution in [3.8, 4) is 11.4 Å². The smallest absolute Gasteiger partial charge is 0.252 e. The summed E-state index contributed by atoms with van der Waals surface area (Å²) in [4.78, 5) is 18.8. The quantitative estimate of drug-likeness (QED) is 0.748. The van der Waals surface area contributed by atoms with Gasteiger partial charge in [0.05, 0.1) is 0 Å². The van der Waals surface area contributed by atoms with Crippen LogP contribution in [0.1, 0.15) is 38.0 Å². The SMILES string of the molecule is Cc1nc(-c2csc(S(=O)(=O)N3CCC(C(=O)N4CCCCC4)CC3)c2)no1. The normalized spacial score (nSPS) is 19.8. The van der Waals surface area contributed by atoms with E-state index in [0.29, 0.717) is 43.2 Å². The molecule has 2 aliphatic heterocycles. The first-order valence-electron chi connectivity index (χ1n) is 9.63. The summed E-state index contributed by atoms with van der Waals surface area (Å²) in [6, 6.07) is 1.59. The predicted molar refractivity (Wildman–Crippen MR) is 104 cm³/mol. The minimum absolute atomic E-state index is 0.0641. The Morgan fingerprint density at radius 3 is 2.54 bits per heavy atom. The monoisotopic (exact) mass is 424 g/mol. The number of aromatic nitrogens is 2. The van der Waals surface area contributed by atoms with Gasteiger partial charge in [-0.2, -0.15) is 9.29 Å². The fourth-order valence-electron chi connectivity index (χ4n) is 3.83. The summed E-state index contributed by atoms with van der Waals surface area (Å²) in [5.41, 5.74) is 0.635. The molecule has 2 aliphatic rings. The van der Waals surface area contributed by atoms with Crippen LogP contribution in [0.25, 0.3) is 11.4 Å². The zero-order chi connectivity index (χ0) is 19.7. The summed E-state index contributed by atoms with van der Waals surface area (Å²) >= 11 is 1.16. The van der Waals surface area contributed by atoms with E-state index in [9.17, 15) is 13.2 Å². The molecule has 2 aromatic rings. The number of hydrogen-bond acceptors (Lipinski definition) is 7. The Hall–Kier alpha value is -1.78. The van der Waals surface area contributed by atoms with Crippen molar-refractivity contribution < 1.29 is 17.7 Å². The maximum atomic E-state index is 13.0. The average molecular weight is 425 g/mol. The van der Waals surface area contributed by atoms with E-state index in [1.165, 1.54) is 10.7 Å². The number of rotatable bonds is 4. The van der Waals surface area contributed by atoms with Crippen LogP contribution >= 0.6 is 11.3 Å². The molecule has 10 heteroatoms. The molecule has 2 aromatic heterocycles. The molecule has 0 saturated carbocycles. The van der Waals surface area contributed by atoms with Crippen molar-refractivity contribution in [3.05, 3.63) is 17.3 Å². The van der Waals surface area contributed by atoms with Crippen LogP contribution in [0.4, 0.5) is 0 Å². The van der Waals surface area contributed by atoms with Crippen LogP contribution in [0.5, 0.6) is 0 Å². The lowest BCUT2D eigenvalue weighted by Crippen LogP contribution is -2.45. The lowest BCUT2D eigenvalue weighted by atomic mass is 9.95. The molecular weight excluding hydrogens is 400 g/mol. The minimum atomic E-state index is -3.58. The highest BCUT2D eigenvalue weighted by atomic mass is 32.2. The van der Waals surface area contributed by atoms with E-state index in [-0.39, 0.29) is 16.0 Å². The van der Waals surface area contributed by atoms with Crippen molar-refractivity contribution in [1.82, 2.24) is 19.3 Å². The highest BCUT2D eigenvalue weighted by Crippen LogP contribution is 2.31. The number of nitrogens with zero attached hydrogens (tertiary/aromatic N) is 4. The Morgan fingerprint density at radius 2 is 1.89 bits per heavy atom. The molecule has 8 nitrogen and oxygen atoms in total. The number of piperidine rings is 2. The number of amides is 1. The second-order valence-electron chi connectivity index (χ2n) is 7.36. The number of likely N-dealkylation sites (tertiary alicyclic amines) is 1. The van der Waals surface area contributed by atoms with Gasteiger partial charge in [0.15, 0.2) is 0 Å². The van der Waals surface area contributed by atoms with Crippen molar-refractivity contribution in [2.75, 3.05) is 26.2 Å². The van der Waals surface area contributed by atoms with Crippen LogP contribution in [-0.4, -0.2) is 59.8 Å². The number of carbonyl (C=O) groups excluding carboxylic acids is 1. The van der Waals surface area contributed by atoms with Crippen LogP contribution in [0.15, 0.2) is 20.2 Å². The van der Waals surface area contributed by atoms with E-state index in [0.717, 1.165) is 37.3 Å². The van der Waals surface area contributed by atoms with Crippen LogP contribution in [0.2, 0.25) is 0 Å². The van der Waals surface area contributed by atoms with Gasteiger partial charge in [-0.3, -0.25) is 4.79 Å². The number of carbonyl (C=O) groups is 1. The first kappa shape index (κ1) is 19.5. The molecule has 0 radical (unpaired) electrons. The molecule has 2 fully saturated rings. The molecule has 0 unspecified atom stereocenters. The Bertz CT molecular complexity index is 938. The Labute approximate surface area is 168 Å². The van der Waals surface area contributed by atoms with Gasteiger partial charge < -0.3 is 9.42 Å². The molecule has 0 aromatic carbocycles. The van der Waals surface area contributed by atoms with Crippen molar-refractivity contribution in [2.45, 2.75) is 43.2 Å². The molecule has 1 amide bonds. The van der Waals surface area contributed by atoms with E-state index >= 15 is 0 Å². The number of hydrogen-bond donors (Lipinski definition) is 0. The van der Waals surface area contributed by atoms with E-state index in [2.05, 4.69) is 10.1 Å². The Balaban J connectivity index is 1.41. The van der Waals surface area contributed by atoms with E-state index in [4.69, 9.17) is 4.52 Å². The predicted octanol–water partition coefficient (Wildman–Crippen LogP) is 2.52. The van der Waals surface area contributed by atoms with Gasteiger partial charge in [-0.15, -0.1) is 11.3 Å². The van der Waals surface area contributed by atoms with Crippen LogP contribution in [-0.2, 0) is 14.8 Å². The maximum absolute atomic E-state index is 13.0. The first-order valence-corrected chi connectivity index (χ1v) is 12.0. The van der Waals surface area contributed by atoms with Crippen LogP contribution in [0, 0.1) is 12.8 Å². The second-order valence-corrected chi connectivity index (χ2v) is 10.4. The van der Waals surface area contributed by atoms with Gasteiger partial charge in [0.2, 0.25) is 17.6 Å². The molecule has 152 valence electrons. The molecule has 28 heavy (non-hydrogen) atoms. The van der Waals surface area contributed by atoms with E-state index in [1.807, 2.05) is 4.90 Å². The van der Waals surface area contributed by atoms with Gasteiger partial charge >= 0.3 is 0 Å². The van der Waals surface area contributed by atoms with Crippen molar-refractivity contribution in [2.24, 2.45) is 5.92 Å². The topological polar surface area (TPSA) is 96.6 Å². The second kappa shape index (κ2) is 7.92. The molecule has 0 N–H and O–H groups in total. The summed E-state index contributed by atoms with van der Waals surface area (Å²) in [5, 5.41) is 5.56. The van der Waals surface area contributed by atoms with E-state index in [1.54, 1.807) is 18.4 Å². The summed E-state index contributed by atoms with van der Waals surface area (Å²) < 4.78 is 32.7. The molecule has 4 heterocycles. The molecule has 0 spiro atoms. The third-order valence-electron chi connectivity index (χ3n) is 5.43. The standard InChI is InChI=1S/C18H24N4O4S2/c1-13-19-17(20-26-13)15-11-16(27-12-15)28(24,25)22-9-5-14(6-10-22)18(23)21-7-3-2-4-8-21/h11-12,14H,2-10H2,1H3. The molecular formula is C18H24N4O4S2. The molecule has 2 saturated heterocycles. The molecule has 0 bridgehead atoms. The maximum Gasteiger partial charge on any atom is 0.252 e. The Morgan fingerprint density at radius 1 is 1.18 bits per heavy atom. The fourth-order valence-corrected chi connectivity index (χ4v) is 6.61. The lowest BCUT2D eigenvalue weighted by Gasteiger charge is -2.34. The third kappa shape index (κ3) is 3.85. The van der Waals surface area contributed by atoms with Gasteiger partial charge in [-0.1, -0.05) is 5.16 Å². The number of aryl methyl sites for hydroxylation is 1. The summed E-state index contributed by atoms with van der Waals surface area (Å²) in [6.07, 6.45) is 4.49. The van der Waals surface area contributed by atoms with Gasteiger partial charge in [0.1, 0.15) is 4.21 Å². The molecule has 4 rings (SSSR count). The first-order chi connectivity index (χ1) is 13.4. The van der Waals surface area contributed by atoms with E-state index < -0.39 is 10.0 Å². The zero-order valence-corrected chi connectivity index (χ0v) is 17.5. The van der Waals surface area contributed by atoms with Crippen LogP contribution in [0.3, 0.4) is 0 Å². The van der Waals surface area contributed by atoms with Gasteiger partial charge in [-0.25, -0.2) is 8.42 Å². The zero-order valence-electron chi connectivity index (χ0n) is 15.8. The fraction of sp³-hybridized carbons (Fsp3) is 0.611. The average Bonchev–Trinajstić information content (AvgIpc) is 3.38. The van der Waals surface area contributed by atoms with Gasteiger partial charge in [0.25, 0.3) is 10.0 Å². The number of sulfonamides is 1. The summed E-state index contributed by atoms with van der Waals surface area (Å²) in [7, 11) is -3.58. The number of thiophene rings is 1. The van der Waals surface area contributed by atoms with Crippen LogP contribution < -0.4 is 0 Å². The largest absolute Gasteiger partial charge is 0.342 e. The summed E-state index contributed by atoms with van der Waals surface area (Å²) in [6.45, 7) is 4.12. The highest BCUT2D eigenvalue weighted by molar-refractivity contribution is 7.91. The van der Waals surface area contributed by atoms with Crippen molar-refractivity contribution in [3.63, 3.8) is 0 Å². The lowest BCUT2D eigenvalue weighted by molar-refractivity contribution is -0.137. The Kier molecular flexibility index (Phi) is 5.52. The molecule has 0 aliphatic carbocycles. The molecule has 0 atom stereocenters. The van der Waals surface area contributed by atoms with Crippen molar-refractivity contribution >= 4 is 27.3 Å².